The molecule has 0 amide bonds. The molecule has 1 aromatic heterocycles. The van der Waals surface area contributed by atoms with Gasteiger partial charge in [0.2, 0.25) is 11.8 Å². The maximum atomic E-state index is 5.93. The number of nitrogens with two attached hydrogens (primary N) is 1. The molecule has 0 spiro atoms. The molecule has 2 N–H and O–H groups in total. The Morgan fingerprint density at radius 2 is 2.00 bits per heavy atom. The normalized spacial score (nSPS) is 43.5. The summed E-state index contributed by atoms with van der Waals surface area (Å²) in [6, 6.07) is 0. The minimum absolute atomic E-state index is 0.113. The number of rotatable bonds is 1. The number of aromatic nitrogens is 2. The maximum absolute atomic E-state index is 5.93. The minimum atomic E-state index is 0.113. The molecule has 64 valence electrons. The van der Waals surface area contributed by atoms with Crippen molar-refractivity contribution in [2.45, 2.75) is 37.1 Å². The fourth-order valence-corrected chi connectivity index (χ4v) is 2.60. The lowest BCUT2D eigenvalue weighted by Crippen LogP contribution is -2.74. The van der Waals surface area contributed by atoms with Crippen molar-refractivity contribution in [1.82, 2.24) is 10.2 Å². The Morgan fingerprint density at radius 1 is 1.33 bits per heavy atom. The summed E-state index contributed by atoms with van der Waals surface area (Å²) in [5.41, 5.74) is 6.22. The van der Waals surface area contributed by atoms with Crippen LogP contribution in [0.2, 0.25) is 0 Å². The molecule has 0 radical (unpaired) electrons. The van der Waals surface area contributed by atoms with Gasteiger partial charge in [0, 0.05) is 12.5 Å². The van der Waals surface area contributed by atoms with Crippen LogP contribution in [-0.2, 0) is 5.41 Å². The van der Waals surface area contributed by atoms with Crippen LogP contribution in [0.5, 0.6) is 0 Å². The van der Waals surface area contributed by atoms with E-state index in [1.165, 1.54) is 0 Å². The van der Waals surface area contributed by atoms with E-state index in [1.807, 2.05) is 6.92 Å². The molecule has 0 unspecified atom stereocenters. The second kappa shape index (κ2) is 1.57. The quantitative estimate of drug-likeness (QED) is 0.658. The molecule has 3 aliphatic rings. The van der Waals surface area contributed by atoms with E-state index < -0.39 is 0 Å². The van der Waals surface area contributed by atoms with Crippen LogP contribution < -0.4 is 5.73 Å². The largest absolute Gasteiger partial charge is 0.425 e. The summed E-state index contributed by atoms with van der Waals surface area (Å²) in [6.07, 6.45) is 3.09. The van der Waals surface area contributed by atoms with Gasteiger partial charge in [-0.25, -0.2) is 0 Å². The third-order valence-corrected chi connectivity index (χ3v) is 3.05. The fourth-order valence-electron chi connectivity index (χ4n) is 2.60. The molecule has 12 heavy (non-hydrogen) atoms. The number of nitrogens with zero attached hydrogens (tertiary/aromatic N) is 2. The first-order valence-electron chi connectivity index (χ1n) is 4.22. The van der Waals surface area contributed by atoms with Crippen molar-refractivity contribution in [1.29, 1.82) is 0 Å². The average molecular weight is 165 g/mol. The van der Waals surface area contributed by atoms with Gasteiger partial charge in [-0.3, -0.25) is 0 Å². The summed E-state index contributed by atoms with van der Waals surface area (Å²) in [4.78, 5) is 0. The summed E-state index contributed by atoms with van der Waals surface area (Å²) in [7, 11) is 0. The summed E-state index contributed by atoms with van der Waals surface area (Å²) < 4.78 is 5.40. The van der Waals surface area contributed by atoms with E-state index in [0.717, 1.165) is 25.2 Å². The highest BCUT2D eigenvalue weighted by atomic mass is 16.4. The zero-order valence-electron chi connectivity index (χ0n) is 7.00. The van der Waals surface area contributed by atoms with E-state index in [-0.39, 0.29) is 11.0 Å². The molecule has 1 heterocycles. The monoisotopic (exact) mass is 165 g/mol. The van der Waals surface area contributed by atoms with Crippen LogP contribution in [0.25, 0.3) is 0 Å². The summed E-state index contributed by atoms with van der Waals surface area (Å²) >= 11 is 0. The molecule has 3 saturated carbocycles. The van der Waals surface area contributed by atoms with Crippen LogP contribution in [-0.4, -0.2) is 15.7 Å². The zero-order chi connectivity index (χ0) is 8.40. The Kier molecular flexibility index (Phi) is 0.862. The average Bonchev–Trinajstić information content (AvgIpc) is 2.26. The third kappa shape index (κ3) is 0.579. The lowest BCUT2D eigenvalue weighted by Gasteiger charge is -2.66. The summed E-state index contributed by atoms with van der Waals surface area (Å²) in [5.74, 6) is 1.45. The van der Waals surface area contributed by atoms with Gasteiger partial charge < -0.3 is 10.2 Å². The highest BCUT2D eigenvalue weighted by Crippen LogP contribution is 2.65. The zero-order valence-corrected chi connectivity index (χ0v) is 7.00. The Bertz CT molecular complexity index is 324. The first-order valence-corrected chi connectivity index (χ1v) is 4.22. The summed E-state index contributed by atoms with van der Waals surface area (Å²) in [6.45, 7) is 1.82. The first-order chi connectivity index (χ1) is 5.62. The van der Waals surface area contributed by atoms with Crippen molar-refractivity contribution in [2.24, 2.45) is 5.73 Å². The summed E-state index contributed by atoms with van der Waals surface area (Å²) in [5, 5.41) is 7.86. The van der Waals surface area contributed by atoms with Crippen molar-refractivity contribution in [3.63, 3.8) is 0 Å². The van der Waals surface area contributed by atoms with Crippen molar-refractivity contribution >= 4 is 0 Å². The van der Waals surface area contributed by atoms with Crippen LogP contribution >= 0.6 is 0 Å². The molecule has 3 fully saturated rings. The standard InChI is InChI=1S/C8H11N3O/c1-5-10-11-6(12-5)7-2-8(9,3-7)4-7/h2-4,9H2,1H3. The second-order valence-corrected chi connectivity index (χ2v) is 4.30. The Hall–Kier alpha value is -0.900. The molecule has 4 rings (SSSR count). The number of hydrogen-bond donors (Lipinski definition) is 1. The molecule has 2 bridgehead atoms. The SMILES string of the molecule is Cc1nnc(C23CC(N)(C2)C3)o1. The first kappa shape index (κ1) is 6.60. The molecule has 4 heteroatoms. The molecule has 0 atom stereocenters. The third-order valence-electron chi connectivity index (χ3n) is 3.05. The minimum Gasteiger partial charge on any atom is -0.425 e. The van der Waals surface area contributed by atoms with E-state index in [9.17, 15) is 0 Å². The molecule has 0 saturated heterocycles. The van der Waals surface area contributed by atoms with Gasteiger partial charge >= 0.3 is 0 Å². The van der Waals surface area contributed by atoms with Crippen LogP contribution in [0, 0.1) is 6.92 Å². The molecule has 0 aliphatic heterocycles. The van der Waals surface area contributed by atoms with Crippen LogP contribution in [0.4, 0.5) is 0 Å². The topological polar surface area (TPSA) is 64.9 Å². The van der Waals surface area contributed by atoms with Crippen molar-refractivity contribution in [2.75, 3.05) is 0 Å². The molecule has 0 aromatic carbocycles. The van der Waals surface area contributed by atoms with Crippen LogP contribution in [0.15, 0.2) is 4.42 Å². The Balaban J connectivity index is 1.93. The predicted molar refractivity (Wildman–Crippen MR) is 41.5 cm³/mol. The van der Waals surface area contributed by atoms with Gasteiger partial charge in [0.1, 0.15) is 0 Å². The van der Waals surface area contributed by atoms with Gasteiger partial charge in [-0.2, -0.15) is 0 Å². The maximum Gasteiger partial charge on any atom is 0.222 e. The van der Waals surface area contributed by atoms with Gasteiger partial charge in [0.15, 0.2) is 0 Å². The lowest BCUT2D eigenvalue weighted by atomic mass is 9.40. The molecular formula is C8H11N3O. The van der Waals surface area contributed by atoms with Gasteiger partial charge in [0.05, 0.1) is 5.41 Å². The number of aryl methyl sites for hydroxylation is 1. The highest BCUT2D eigenvalue weighted by molar-refractivity contribution is 5.32. The van der Waals surface area contributed by atoms with E-state index in [4.69, 9.17) is 10.2 Å². The predicted octanol–water partition coefficient (Wildman–Crippen LogP) is 0.511. The van der Waals surface area contributed by atoms with E-state index in [0.29, 0.717) is 5.89 Å². The van der Waals surface area contributed by atoms with Crippen LogP contribution in [0.3, 0.4) is 0 Å². The lowest BCUT2D eigenvalue weighted by molar-refractivity contribution is -0.0770. The highest BCUT2D eigenvalue weighted by Gasteiger charge is 2.69. The van der Waals surface area contributed by atoms with E-state index >= 15 is 0 Å². The second-order valence-electron chi connectivity index (χ2n) is 4.30. The van der Waals surface area contributed by atoms with E-state index in [2.05, 4.69) is 10.2 Å². The molecule has 1 aromatic rings. The van der Waals surface area contributed by atoms with E-state index in [1.54, 1.807) is 0 Å². The molecule has 3 aliphatic carbocycles. The van der Waals surface area contributed by atoms with Crippen molar-refractivity contribution in [3.8, 4) is 0 Å². The Labute approximate surface area is 70.2 Å². The van der Waals surface area contributed by atoms with Gasteiger partial charge in [-0.05, 0) is 19.3 Å². The number of hydrogen-bond acceptors (Lipinski definition) is 4. The Morgan fingerprint density at radius 3 is 2.42 bits per heavy atom. The van der Waals surface area contributed by atoms with Crippen molar-refractivity contribution in [3.05, 3.63) is 11.8 Å². The molecular weight excluding hydrogens is 154 g/mol. The fraction of sp³-hybridized carbons (Fsp3) is 0.750. The van der Waals surface area contributed by atoms with Crippen LogP contribution in [0.1, 0.15) is 31.0 Å². The molecule has 4 nitrogen and oxygen atoms in total. The van der Waals surface area contributed by atoms with Gasteiger partial charge in [0.25, 0.3) is 0 Å². The van der Waals surface area contributed by atoms with Gasteiger partial charge in [-0.1, -0.05) is 0 Å². The van der Waals surface area contributed by atoms with Gasteiger partial charge in [-0.15, -0.1) is 10.2 Å². The van der Waals surface area contributed by atoms with Crippen molar-refractivity contribution < 1.29 is 4.42 Å². The smallest absolute Gasteiger partial charge is 0.222 e.